The Morgan fingerprint density at radius 3 is 3.07 bits per heavy atom. The molecule has 1 saturated heterocycles. The molecule has 1 aromatic heterocycles. The zero-order valence-electron chi connectivity index (χ0n) is 7.78. The van der Waals surface area contributed by atoms with Gasteiger partial charge in [-0.3, -0.25) is 4.79 Å². The van der Waals surface area contributed by atoms with Crippen molar-refractivity contribution in [2.75, 3.05) is 20.3 Å². The molecule has 1 amide bonds. The van der Waals surface area contributed by atoms with Crippen molar-refractivity contribution in [3.63, 3.8) is 0 Å². The van der Waals surface area contributed by atoms with E-state index in [1.54, 1.807) is 13.2 Å². The quantitative estimate of drug-likeness (QED) is 0.811. The number of methoxy groups -OCH3 is 1. The van der Waals surface area contributed by atoms with Gasteiger partial charge in [-0.1, -0.05) is 0 Å². The summed E-state index contributed by atoms with van der Waals surface area (Å²) in [4.78, 5) is 12.3. The van der Waals surface area contributed by atoms with Crippen LogP contribution in [0.3, 0.4) is 0 Å². The summed E-state index contributed by atoms with van der Waals surface area (Å²) < 4.78 is 10.0. The molecule has 0 aromatic carbocycles. The molecule has 1 N–H and O–H groups in total. The second-order valence-electron chi connectivity index (χ2n) is 3.03. The van der Waals surface area contributed by atoms with Gasteiger partial charge in [0, 0.05) is 0 Å². The minimum Gasteiger partial charge on any atom is -0.495 e. The molecule has 1 aliphatic heterocycles. The Balaban J connectivity index is 2.02. The molecule has 0 aliphatic carbocycles. The van der Waals surface area contributed by atoms with Gasteiger partial charge in [0.2, 0.25) is 0 Å². The highest BCUT2D eigenvalue weighted by molar-refractivity contribution is 7.12. The minimum atomic E-state index is -0.0786. The van der Waals surface area contributed by atoms with Crippen LogP contribution in [0.1, 0.15) is 9.67 Å². The topological polar surface area (TPSA) is 47.6 Å². The van der Waals surface area contributed by atoms with Crippen LogP contribution in [0, 0.1) is 0 Å². The van der Waals surface area contributed by atoms with E-state index < -0.39 is 0 Å². The molecule has 4 nitrogen and oxygen atoms in total. The molecule has 0 spiro atoms. The minimum absolute atomic E-state index is 0.0786. The molecule has 1 aliphatic rings. The van der Waals surface area contributed by atoms with Gasteiger partial charge in [0.25, 0.3) is 5.91 Å². The zero-order chi connectivity index (χ0) is 9.97. The van der Waals surface area contributed by atoms with Crippen LogP contribution in [-0.4, -0.2) is 32.3 Å². The Hall–Kier alpha value is -1.07. The van der Waals surface area contributed by atoms with E-state index >= 15 is 0 Å². The molecule has 14 heavy (non-hydrogen) atoms. The highest BCUT2D eigenvalue weighted by Gasteiger charge is 2.23. The summed E-state index contributed by atoms with van der Waals surface area (Å²) in [6.45, 7) is 1.22. The lowest BCUT2D eigenvalue weighted by Crippen LogP contribution is -2.48. The lowest BCUT2D eigenvalue weighted by atomic mass is 10.2. The Kier molecular flexibility index (Phi) is 2.69. The third-order valence-corrected chi connectivity index (χ3v) is 2.92. The summed E-state index contributed by atoms with van der Waals surface area (Å²) in [5, 5.41) is 4.70. The third kappa shape index (κ3) is 1.73. The van der Waals surface area contributed by atoms with Crippen LogP contribution in [0.5, 0.6) is 5.75 Å². The number of thiophene rings is 1. The van der Waals surface area contributed by atoms with Gasteiger partial charge < -0.3 is 14.8 Å². The molecular weight excluding hydrogens is 202 g/mol. The fourth-order valence-corrected chi connectivity index (χ4v) is 1.95. The number of ether oxygens (including phenoxy) is 2. The van der Waals surface area contributed by atoms with Crippen molar-refractivity contribution in [1.29, 1.82) is 0 Å². The van der Waals surface area contributed by atoms with Crippen LogP contribution in [0.4, 0.5) is 0 Å². The van der Waals surface area contributed by atoms with Crippen molar-refractivity contribution in [2.24, 2.45) is 0 Å². The van der Waals surface area contributed by atoms with E-state index in [0.717, 1.165) is 0 Å². The molecule has 0 unspecified atom stereocenters. The SMILES string of the molecule is COc1ccsc1C(=O)NC1COC1. The summed E-state index contributed by atoms with van der Waals surface area (Å²) in [6, 6.07) is 1.95. The van der Waals surface area contributed by atoms with Crippen LogP contribution in [-0.2, 0) is 4.74 Å². The largest absolute Gasteiger partial charge is 0.495 e. The number of hydrogen-bond donors (Lipinski definition) is 1. The van der Waals surface area contributed by atoms with Crippen molar-refractivity contribution in [3.05, 3.63) is 16.3 Å². The zero-order valence-corrected chi connectivity index (χ0v) is 8.60. The van der Waals surface area contributed by atoms with Crippen LogP contribution in [0.25, 0.3) is 0 Å². The summed E-state index contributed by atoms with van der Waals surface area (Å²) >= 11 is 1.38. The van der Waals surface area contributed by atoms with Gasteiger partial charge in [-0.25, -0.2) is 0 Å². The highest BCUT2D eigenvalue weighted by Crippen LogP contribution is 2.24. The van der Waals surface area contributed by atoms with Gasteiger partial charge in [-0.15, -0.1) is 11.3 Å². The standard InChI is InChI=1S/C9H11NO3S/c1-12-7-2-3-14-8(7)9(11)10-6-4-13-5-6/h2-3,6H,4-5H2,1H3,(H,10,11). The van der Waals surface area contributed by atoms with Crippen molar-refractivity contribution in [2.45, 2.75) is 6.04 Å². The molecule has 5 heteroatoms. The molecule has 0 saturated carbocycles. The maximum absolute atomic E-state index is 11.7. The monoisotopic (exact) mass is 213 g/mol. The first-order valence-corrected chi connectivity index (χ1v) is 5.19. The third-order valence-electron chi connectivity index (χ3n) is 2.03. The number of carbonyl (C=O) groups excluding carboxylic acids is 1. The van der Waals surface area contributed by atoms with Crippen LogP contribution >= 0.6 is 11.3 Å². The van der Waals surface area contributed by atoms with Gasteiger partial charge in [0.15, 0.2) is 0 Å². The normalized spacial score (nSPS) is 16.1. The number of rotatable bonds is 3. The second-order valence-corrected chi connectivity index (χ2v) is 3.94. The summed E-state index contributed by atoms with van der Waals surface area (Å²) in [6.07, 6.45) is 0. The van der Waals surface area contributed by atoms with E-state index in [-0.39, 0.29) is 11.9 Å². The van der Waals surface area contributed by atoms with E-state index in [0.29, 0.717) is 23.8 Å². The summed E-state index contributed by atoms with van der Waals surface area (Å²) in [7, 11) is 1.56. The van der Waals surface area contributed by atoms with Gasteiger partial charge in [0.05, 0.1) is 26.4 Å². The average molecular weight is 213 g/mol. The Bertz CT molecular complexity index is 333. The van der Waals surface area contributed by atoms with Crippen molar-refractivity contribution in [3.8, 4) is 5.75 Å². The first-order chi connectivity index (χ1) is 6.81. The first kappa shape index (κ1) is 9.48. The lowest BCUT2D eigenvalue weighted by molar-refractivity contribution is -0.00342. The fraction of sp³-hybridized carbons (Fsp3) is 0.444. The van der Waals surface area contributed by atoms with Gasteiger partial charge in [-0.2, -0.15) is 0 Å². The van der Waals surface area contributed by atoms with E-state index in [1.807, 2.05) is 5.38 Å². The summed E-state index contributed by atoms with van der Waals surface area (Å²) in [5.74, 6) is 0.554. The number of amides is 1. The van der Waals surface area contributed by atoms with E-state index in [1.165, 1.54) is 11.3 Å². The van der Waals surface area contributed by atoms with Crippen molar-refractivity contribution < 1.29 is 14.3 Å². The molecule has 0 atom stereocenters. The Labute approximate surface area is 85.8 Å². The summed E-state index contributed by atoms with van der Waals surface area (Å²) in [5.41, 5.74) is 0. The Morgan fingerprint density at radius 2 is 2.50 bits per heavy atom. The van der Waals surface area contributed by atoms with E-state index in [9.17, 15) is 4.79 Å². The maximum Gasteiger partial charge on any atom is 0.265 e. The molecule has 76 valence electrons. The van der Waals surface area contributed by atoms with Crippen LogP contribution < -0.4 is 10.1 Å². The van der Waals surface area contributed by atoms with Gasteiger partial charge >= 0.3 is 0 Å². The molecule has 1 aromatic rings. The van der Waals surface area contributed by atoms with Crippen molar-refractivity contribution in [1.82, 2.24) is 5.32 Å². The van der Waals surface area contributed by atoms with Crippen molar-refractivity contribution >= 4 is 17.2 Å². The average Bonchev–Trinajstić information content (AvgIpc) is 2.58. The number of hydrogen-bond acceptors (Lipinski definition) is 4. The molecule has 2 rings (SSSR count). The van der Waals surface area contributed by atoms with Crippen LogP contribution in [0.15, 0.2) is 11.4 Å². The van der Waals surface area contributed by atoms with E-state index in [2.05, 4.69) is 5.32 Å². The molecular formula is C9H11NO3S. The molecule has 0 radical (unpaired) electrons. The van der Waals surface area contributed by atoms with Gasteiger partial charge in [0.1, 0.15) is 10.6 Å². The molecule has 2 heterocycles. The first-order valence-electron chi connectivity index (χ1n) is 4.31. The number of carbonyl (C=O) groups is 1. The predicted octanol–water partition coefficient (Wildman–Crippen LogP) is 0.885. The highest BCUT2D eigenvalue weighted by atomic mass is 32.1. The fourth-order valence-electron chi connectivity index (χ4n) is 1.19. The van der Waals surface area contributed by atoms with Gasteiger partial charge in [-0.05, 0) is 11.4 Å². The van der Waals surface area contributed by atoms with Crippen LogP contribution in [0.2, 0.25) is 0 Å². The lowest BCUT2D eigenvalue weighted by Gasteiger charge is -2.26. The molecule has 1 fully saturated rings. The van der Waals surface area contributed by atoms with E-state index in [4.69, 9.17) is 9.47 Å². The predicted molar refractivity (Wildman–Crippen MR) is 52.9 cm³/mol. The second kappa shape index (κ2) is 3.98. The number of nitrogens with one attached hydrogen (secondary N) is 1. The smallest absolute Gasteiger partial charge is 0.265 e. The Morgan fingerprint density at radius 1 is 1.71 bits per heavy atom. The molecule has 0 bridgehead atoms. The maximum atomic E-state index is 11.7.